The first-order chi connectivity index (χ1) is 16.1. The van der Waals surface area contributed by atoms with E-state index in [1.165, 1.54) is 39.2 Å². The van der Waals surface area contributed by atoms with Crippen LogP contribution in [-0.2, 0) is 16.0 Å². The number of rotatable bonds is 8. The van der Waals surface area contributed by atoms with Crippen molar-refractivity contribution >= 4 is 41.1 Å². The Kier molecular flexibility index (Phi) is 7.19. The molecule has 0 unspecified atom stereocenters. The van der Waals surface area contributed by atoms with E-state index >= 15 is 0 Å². The fourth-order valence-electron chi connectivity index (χ4n) is 3.67. The monoisotopic (exact) mass is 462 g/mol. The van der Waals surface area contributed by atoms with Crippen LogP contribution in [0.4, 0.5) is 5.69 Å². The smallest absolute Gasteiger partial charge is 0.337 e. The molecule has 0 atom stereocenters. The number of anilines is 1. The highest BCUT2D eigenvalue weighted by Gasteiger charge is 2.21. The number of ether oxygens (including phenoxy) is 2. The minimum Gasteiger partial charge on any atom is -0.496 e. The normalized spacial score (nSPS) is 13.5. The molecule has 0 aliphatic heterocycles. The van der Waals surface area contributed by atoms with Crippen molar-refractivity contribution in [3.63, 3.8) is 0 Å². The molecule has 1 saturated carbocycles. The quantitative estimate of drug-likeness (QED) is 0.444. The average Bonchev–Trinajstić information content (AvgIpc) is 3.24. The van der Waals surface area contributed by atoms with E-state index in [2.05, 4.69) is 10.7 Å². The lowest BCUT2D eigenvalue weighted by molar-refractivity contribution is -0.115. The molecule has 6 nitrogen and oxygen atoms in total. The van der Waals surface area contributed by atoms with Gasteiger partial charge >= 0.3 is 5.97 Å². The fraction of sp³-hybridized carbons (Fsp3) is 0.269. The first kappa shape index (κ1) is 22.7. The van der Waals surface area contributed by atoms with Gasteiger partial charge in [0, 0.05) is 22.5 Å². The lowest BCUT2D eigenvalue weighted by atomic mass is 9.83. The summed E-state index contributed by atoms with van der Waals surface area (Å²) in [5, 5.41) is 6.08. The molecule has 7 heteroatoms. The van der Waals surface area contributed by atoms with Crippen molar-refractivity contribution in [2.24, 2.45) is 0 Å². The SMILES string of the molecule is COC(=O)c1ccc(CC(=O)Nc2cccc(/C=C/c3nc(C4CCC4)cs3)c2)c(OC)c1. The van der Waals surface area contributed by atoms with Crippen LogP contribution in [0.25, 0.3) is 12.2 Å². The van der Waals surface area contributed by atoms with E-state index < -0.39 is 5.97 Å². The molecule has 1 N–H and O–H groups in total. The van der Waals surface area contributed by atoms with E-state index in [4.69, 9.17) is 14.5 Å². The molecule has 0 spiro atoms. The summed E-state index contributed by atoms with van der Waals surface area (Å²) >= 11 is 1.66. The van der Waals surface area contributed by atoms with Crippen LogP contribution < -0.4 is 10.1 Å². The second kappa shape index (κ2) is 10.4. The summed E-state index contributed by atoms with van der Waals surface area (Å²) in [5.74, 6) is 0.475. The third-order valence-electron chi connectivity index (χ3n) is 5.71. The van der Waals surface area contributed by atoms with Crippen LogP contribution in [0, 0.1) is 0 Å². The molecule has 1 aliphatic rings. The Morgan fingerprint density at radius 3 is 2.73 bits per heavy atom. The van der Waals surface area contributed by atoms with Crippen LogP contribution in [0.3, 0.4) is 0 Å². The number of nitrogens with one attached hydrogen (secondary N) is 1. The van der Waals surface area contributed by atoms with Gasteiger partial charge in [-0.1, -0.05) is 30.7 Å². The van der Waals surface area contributed by atoms with Gasteiger partial charge in [-0.2, -0.15) is 0 Å². The maximum Gasteiger partial charge on any atom is 0.337 e. The molecular formula is C26H26N2O4S. The third kappa shape index (κ3) is 5.68. The third-order valence-corrected chi connectivity index (χ3v) is 6.54. The number of methoxy groups -OCH3 is 2. The van der Waals surface area contributed by atoms with Gasteiger partial charge in [-0.3, -0.25) is 4.79 Å². The number of esters is 1. The largest absolute Gasteiger partial charge is 0.496 e. The second-order valence-electron chi connectivity index (χ2n) is 7.94. The topological polar surface area (TPSA) is 77.5 Å². The van der Waals surface area contributed by atoms with Crippen LogP contribution in [0.1, 0.15) is 57.4 Å². The highest BCUT2D eigenvalue weighted by atomic mass is 32.1. The molecule has 1 aliphatic carbocycles. The molecule has 0 radical (unpaired) electrons. The zero-order valence-electron chi connectivity index (χ0n) is 18.7. The van der Waals surface area contributed by atoms with Crippen LogP contribution in [0.2, 0.25) is 0 Å². The number of nitrogens with zero attached hydrogens (tertiary/aromatic N) is 1. The molecule has 4 rings (SSSR count). The lowest BCUT2D eigenvalue weighted by Crippen LogP contribution is -2.15. The van der Waals surface area contributed by atoms with Gasteiger partial charge < -0.3 is 14.8 Å². The molecule has 0 saturated heterocycles. The number of hydrogen-bond acceptors (Lipinski definition) is 6. The minimum atomic E-state index is -0.453. The highest BCUT2D eigenvalue weighted by Crippen LogP contribution is 2.36. The molecule has 0 bridgehead atoms. The molecule has 33 heavy (non-hydrogen) atoms. The van der Waals surface area contributed by atoms with E-state index in [1.807, 2.05) is 36.4 Å². The second-order valence-corrected chi connectivity index (χ2v) is 8.83. The first-order valence-corrected chi connectivity index (χ1v) is 11.7. The molecule has 1 heterocycles. The van der Waals surface area contributed by atoms with Gasteiger partial charge in [-0.05, 0) is 48.7 Å². The van der Waals surface area contributed by atoms with Crippen molar-refractivity contribution in [2.45, 2.75) is 31.6 Å². The molecule has 3 aromatic rings. The molecule has 170 valence electrons. The van der Waals surface area contributed by atoms with Gasteiger partial charge in [-0.15, -0.1) is 11.3 Å². The van der Waals surface area contributed by atoms with E-state index in [1.54, 1.807) is 29.5 Å². The Morgan fingerprint density at radius 2 is 2.00 bits per heavy atom. The number of carbonyl (C=O) groups excluding carboxylic acids is 2. The van der Waals surface area contributed by atoms with Gasteiger partial charge in [0.2, 0.25) is 5.91 Å². The number of hydrogen-bond donors (Lipinski definition) is 1. The van der Waals surface area contributed by atoms with Crippen molar-refractivity contribution < 1.29 is 19.1 Å². The zero-order chi connectivity index (χ0) is 23.2. The summed E-state index contributed by atoms with van der Waals surface area (Å²) < 4.78 is 10.1. The Bertz CT molecular complexity index is 1180. The summed E-state index contributed by atoms with van der Waals surface area (Å²) in [6, 6.07) is 12.6. The van der Waals surface area contributed by atoms with Gasteiger partial charge in [0.15, 0.2) is 0 Å². The number of benzene rings is 2. The minimum absolute atomic E-state index is 0.119. The zero-order valence-corrected chi connectivity index (χ0v) is 19.5. The highest BCUT2D eigenvalue weighted by molar-refractivity contribution is 7.10. The molecule has 1 fully saturated rings. The van der Waals surface area contributed by atoms with Crippen LogP contribution in [0.15, 0.2) is 47.8 Å². The van der Waals surface area contributed by atoms with E-state index in [-0.39, 0.29) is 12.3 Å². The first-order valence-electron chi connectivity index (χ1n) is 10.8. The summed E-state index contributed by atoms with van der Waals surface area (Å²) in [7, 11) is 2.83. The van der Waals surface area contributed by atoms with Crippen molar-refractivity contribution in [2.75, 3.05) is 19.5 Å². The molecular weight excluding hydrogens is 436 g/mol. The lowest BCUT2D eigenvalue weighted by Gasteiger charge is -2.22. The van der Waals surface area contributed by atoms with Crippen molar-refractivity contribution in [3.05, 3.63) is 75.2 Å². The van der Waals surface area contributed by atoms with Crippen LogP contribution in [-0.4, -0.2) is 31.1 Å². The predicted molar refractivity (Wildman–Crippen MR) is 131 cm³/mol. The molecule has 1 amide bonds. The van der Waals surface area contributed by atoms with Gasteiger partial charge in [0.1, 0.15) is 10.8 Å². The van der Waals surface area contributed by atoms with Crippen LogP contribution >= 0.6 is 11.3 Å². The Morgan fingerprint density at radius 1 is 1.15 bits per heavy atom. The summed E-state index contributed by atoms with van der Waals surface area (Å²) in [5.41, 5.74) is 3.96. The Balaban J connectivity index is 1.39. The Hall–Kier alpha value is -3.45. The number of aromatic nitrogens is 1. The number of carbonyl (C=O) groups is 2. The average molecular weight is 463 g/mol. The summed E-state index contributed by atoms with van der Waals surface area (Å²) in [6.07, 6.45) is 7.94. The van der Waals surface area contributed by atoms with Crippen LogP contribution in [0.5, 0.6) is 5.75 Å². The molecule has 1 aromatic heterocycles. The standard InChI is InChI=1S/C26H26N2O4S/c1-31-23-14-20(26(30)32-2)11-10-19(23)15-24(29)27-21-8-3-5-17(13-21)9-12-25-28-22(16-33-25)18-6-4-7-18/h3,5,8-14,16,18H,4,6-7,15H2,1-2H3,(H,27,29)/b12-9+. The van der Waals surface area contributed by atoms with Crippen molar-refractivity contribution in [1.29, 1.82) is 0 Å². The van der Waals surface area contributed by atoms with Gasteiger partial charge in [-0.25, -0.2) is 9.78 Å². The fourth-order valence-corrected chi connectivity index (χ4v) is 4.46. The van der Waals surface area contributed by atoms with Crippen molar-refractivity contribution in [1.82, 2.24) is 4.98 Å². The Labute approximate surface area is 197 Å². The maximum atomic E-state index is 12.6. The number of amides is 1. The van der Waals surface area contributed by atoms with Gasteiger partial charge in [0.25, 0.3) is 0 Å². The van der Waals surface area contributed by atoms with Gasteiger partial charge in [0.05, 0.1) is 31.9 Å². The summed E-state index contributed by atoms with van der Waals surface area (Å²) in [6.45, 7) is 0. The number of thiazole rings is 1. The van der Waals surface area contributed by atoms with E-state index in [9.17, 15) is 9.59 Å². The molecule has 2 aromatic carbocycles. The maximum absolute atomic E-state index is 12.6. The van der Waals surface area contributed by atoms with E-state index in [0.717, 1.165) is 10.6 Å². The van der Waals surface area contributed by atoms with Crippen molar-refractivity contribution in [3.8, 4) is 5.75 Å². The van der Waals surface area contributed by atoms with E-state index in [0.29, 0.717) is 28.5 Å². The predicted octanol–water partition coefficient (Wildman–Crippen LogP) is 5.56. The summed E-state index contributed by atoms with van der Waals surface area (Å²) in [4.78, 5) is 29.1.